The Hall–Kier alpha value is -0.420. The van der Waals surface area contributed by atoms with Gasteiger partial charge in [-0.1, -0.05) is 20.8 Å². The van der Waals surface area contributed by atoms with Gasteiger partial charge in [-0.3, -0.25) is 9.00 Å². The van der Waals surface area contributed by atoms with E-state index in [0.717, 1.165) is 25.9 Å². The Morgan fingerprint density at radius 3 is 2.65 bits per heavy atom. The van der Waals surface area contributed by atoms with Crippen LogP contribution in [0.2, 0.25) is 0 Å². The molecule has 1 fully saturated rings. The van der Waals surface area contributed by atoms with Crippen LogP contribution in [0.4, 0.5) is 0 Å². The van der Waals surface area contributed by atoms with Gasteiger partial charge >= 0.3 is 0 Å². The van der Waals surface area contributed by atoms with Crippen LogP contribution in [0.25, 0.3) is 0 Å². The van der Waals surface area contributed by atoms with E-state index in [2.05, 4.69) is 19.2 Å². The summed E-state index contributed by atoms with van der Waals surface area (Å²) in [5.74, 6) is 0.202. The monoisotopic (exact) mass is 260 g/mol. The molecular formula is C12H24N2O2S. The lowest BCUT2D eigenvalue weighted by molar-refractivity contribution is -0.129. The number of hydrogen-bond donors (Lipinski definition) is 1. The summed E-state index contributed by atoms with van der Waals surface area (Å²) in [6.07, 6.45) is 3.43. The molecule has 1 amide bonds. The maximum Gasteiger partial charge on any atom is 0.239 e. The molecule has 1 N–H and O–H groups in total. The average molecular weight is 260 g/mol. The van der Waals surface area contributed by atoms with Gasteiger partial charge in [0.05, 0.1) is 6.04 Å². The quantitative estimate of drug-likeness (QED) is 0.766. The summed E-state index contributed by atoms with van der Waals surface area (Å²) < 4.78 is 11.2. The molecule has 0 aliphatic carbocycles. The molecule has 4 nitrogen and oxygen atoms in total. The lowest BCUT2D eigenvalue weighted by Gasteiger charge is -2.19. The number of rotatable bonds is 6. The largest absolute Gasteiger partial charge is 0.341 e. The van der Waals surface area contributed by atoms with Gasteiger partial charge in [0.15, 0.2) is 0 Å². The molecule has 0 spiro atoms. The van der Waals surface area contributed by atoms with Crippen LogP contribution in [-0.2, 0) is 15.6 Å². The lowest BCUT2D eigenvalue weighted by Crippen LogP contribution is -2.42. The number of nitrogens with zero attached hydrogens (tertiary/aromatic N) is 1. The van der Waals surface area contributed by atoms with Crippen LogP contribution in [0, 0.1) is 0 Å². The maximum atomic E-state index is 12.0. The molecule has 17 heavy (non-hydrogen) atoms. The summed E-state index contributed by atoms with van der Waals surface area (Å²) in [6, 6.07) is 0.323. The Balaban J connectivity index is 2.37. The van der Waals surface area contributed by atoms with E-state index in [9.17, 15) is 9.00 Å². The predicted octanol–water partition coefficient (Wildman–Crippen LogP) is 0.742. The number of likely N-dealkylation sites (tertiary alicyclic amines) is 1. The summed E-state index contributed by atoms with van der Waals surface area (Å²) >= 11 is 0. The van der Waals surface area contributed by atoms with E-state index in [1.54, 1.807) is 6.26 Å². The van der Waals surface area contributed by atoms with Crippen molar-refractivity contribution in [3.8, 4) is 0 Å². The van der Waals surface area contributed by atoms with Crippen molar-refractivity contribution >= 4 is 16.7 Å². The molecule has 1 rings (SSSR count). The van der Waals surface area contributed by atoms with Gasteiger partial charge in [-0.05, 0) is 12.8 Å². The summed E-state index contributed by atoms with van der Waals surface area (Å²) in [6.45, 7) is 7.64. The fourth-order valence-electron chi connectivity index (χ4n) is 2.02. The zero-order valence-corrected chi connectivity index (χ0v) is 12.0. The SMILES string of the molecule is CC(C)NC1CCN(CCC(C)S(C)=O)C1=O. The number of carbonyl (C=O) groups is 1. The van der Waals surface area contributed by atoms with Gasteiger partial charge in [-0.2, -0.15) is 0 Å². The first kappa shape index (κ1) is 14.6. The summed E-state index contributed by atoms with van der Waals surface area (Å²) in [5, 5.41) is 3.45. The topological polar surface area (TPSA) is 49.4 Å². The van der Waals surface area contributed by atoms with Gasteiger partial charge in [0.25, 0.3) is 0 Å². The third-order valence-electron chi connectivity index (χ3n) is 3.20. The van der Waals surface area contributed by atoms with Crippen LogP contribution in [0.3, 0.4) is 0 Å². The van der Waals surface area contributed by atoms with Gasteiger partial charge in [0.1, 0.15) is 0 Å². The predicted molar refractivity (Wildman–Crippen MR) is 71.4 cm³/mol. The molecular weight excluding hydrogens is 236 g/mol. The van der Waals surface area contributed by atoms with Crippen molar-refractivity contribution in [2.45, 2.75) is 50.9 Å². The van der Waals surface area contributed by atoms with Crippen molar-refractivity contribution < 1.29 is 9.00 Å². The molecule has 100 valence electrons. The highest BCUT2D eigenvalue weighted by molar-refractivity contribution is 7.84. The van der Waals surface area contributed by atoms with Gasteiger partial charge < -0.3 is 10.2 Å². The van der Waals surface area contributed by atoms with E-state index >= 15 is 0 Å². The van der Waals surface area contributed by atoms with Crippen molar-refractivity contribution in [1.29, 1.82) is 0 Å². The Morgan fingerprint density at radius 2 is 2.12 bits per heavy atom. The fraction of sp³-hybridized carbons (Fsp3) is 0.917. The molecule has 1 heterocycles. The van der Waals surface area contributed by atoms with Crippen molar-refractivity contribution in [2.75, 3.05) is 19.3 Å². The van der Waals surface area contributed by atoms with Crippen LogP contribution in [0.5, 0.6) is 0 Å². The van der Waals surface area contributed by atoms with E-state index < -0.39 is 10.8 Å². The van der Waals surface area contributed by atoms with Gasteiger partial charge in [-0.15, -0.1) is 0 Å². The standard InChI is InChI=1S/C12H24N2O2S/c1-9(2)13-11-6-8-14(12(11)15)7-5-10(3)17(4)16/h9-11,13H,5-8H2,1-4H3. The highest BCUT2D eigenvalue weighted by Gasteiger charge is 2.31. The summed E-state index contributed by atoms with van der Waals surface area (Å²) in [5.41, 5.74) is 0. The molecule has 0 bridgehead atoms. The zero-order valence-electron chi connectivity index (χ0n) is 11.2. The molecule has 0 aromatic carbocycles. The second kappa shape index (κ2) is 6.50. The first-order chi connectivity index (χ1) is 7.91. The molecule has 1 aliphatic rings. The molecule has 3 unspecified atom stereocenters. The van der Waals surface area contributed by atoms with Crippen LogP contribution in [-0.4, -0.2) is 51.7 Å². The molecule has 1 saturated heterocycles. The average Bonchev–Trinajstić information content (AvgIpc) is 2.56. The van der Waals surface area contributed by atoms with E-state index in [-0.39, 0.29) is 17.2 Å². The highest BCUT2D eigenvalue weighted by atomic mass is 32.2. The summed E-state index contributed by atoms with van der Waals surface area (Å²) in [4.78, 5) is 13.9. The number of amides is 1. The molecule has 0 aromatic rings. The van der Waals surface area contributed by atoms with E-state index in [1.807, 2.05) is 11.8 Å². The third kappa shape index (κ3) is 4.39. The number of nitrogens with one attached hydrogen (secondary N) is 1. The van der Waals surface area contributed by atoms with Crippen molar-refractivity contribution in [3.63, 3.8) is 0 Å². The van der Waals surface area contributed by atoms with Gasteiger partial charge in [-0.25, -0.2) is 0 Å². The van der Waals surface area contributed by atoms with Gasteiger partial charge in [0, 0.05) is 41.4 Å². The molecule has 0 saturated carbocycles. The molecule has 5 heteroatoms. The van der Waals surface area contributed by atoms with Crippen molar-refractivity contribution in [1.82, 2.24) is 10.2 Å². The Labute approximate surface area is 107 Å². The zero-order chi connectivity index (χ0) is 13.0. The minimum Gasteiger partial charge on any atom is -0.341 e. The normalized spacial score (nSPS) is 24.4. The number of hydrogen-bond acceptors (Lipinski definition) is 3. The van der Waals surface area contributed by atoms with Crippen LogP contribution >= 0.6 is 0 Å². The summed E-state index contributed by atoms with van der Waals surface area (Å²) in [7, 11) is -0.793. The molecule has 1 aliphatic heterocycles. The molecule has 0 radical (unpaired) electrons. The maximum absolute atomic E-state index is 12.0. The number of carbonyl (C=O) groups excluding carboxylic acids is 1. The van der Waals surface area contributed by atoms with E-state index in [1.165, 1.54) is 0 Å². The second-order valence-electron chi connectivity index (χ2n) is 5.09. The Kier molecular flexibility index (Phi) is 5.59. The van der Waals surface area contributed by atoms with Crippen LogP contribution < -0.4 is 5.32 Å². The van der Waals surface area contributed by atoms with E-state index in [4.69, 9.17) is 0 Å². The first-order valence-electron chi connectivity index (χ1n) is 6.29. The Morgan fingerprint density at radius 1 is 1.47 bits per heavy atom. The first-order valence-corrected chi connectivity index (χ1v) is 7.91. The van der Waals surface area contributed by atoms with Gasteiger partial charge in [0.2, 0.25) is 5.91 Å². The minimum absolute atomic E-state index is 0.0163. The van der Waals surface area contributed by atoms with E-state index in [0.29, 0.717) is 6.04 Å². The Bertz CT molecular complexity index is 294. The van der Waals surface area contributed by atoms with Crippen LogP contribution in [0.15, 0.2) is 0 Å². The third-order valence-corrected chi connectivity index (χ3v) is 4.57. The van der Waals surface area contributed by atoms with Crippen molar-refractivity contribution in [3.05, 3.63) is 0 Å². The molecule has 0 aromatic heterocycles. The lowest BCUT2D eigenvalue weighted by atomic mass is 10.2. The van der Waals surface area contributed by atoms with Crippen LogP contribution in [0.1, 0.15) is 33.6 Å². The fourth-order valence-corrected chi connectivity index (χ4v) is 2.46. The second-order valence-corrected chi connectivity index (χ2v) is 6.89. The smallest absolute Gasteiger partial charge is 0.239 e. The minimum atomic E-state index is -0.793. The molecule has 3 atom stereocenters. The van der Waals surface area contributed by atoms with Crippen molar-refractivity contribution in [2.24, 2.45) is 0 Å². The highest BCUT2D eigenvalue weighted by Crippen LogP contribution is 2.13.